The molecule has 1 aromatic carbocycles. The van der Waals surface area contributed by atoms with E-state index >= 15 is 0 Å². The lowest BCUT2D eigenvalue weighted by Gasteiger charge is -2.26. The van der Waals surface area contributed by atoms with Gasteiger partial charge in [-0.3, -0.25) is 9.69 Å². The molecule has 0 radical (unpaired) electrons. The highest BCUT2D eigenvalue weighted by Gasteiger charge is 2.48. The summed E-state index contributed by atoms with van der Waals surface area (Å²) in [6.07, 6.45) is 3.24. The van der Waals surface area contributed by atoms with E-state index in [1.165, 1.54) is 24.4 Å². The van der Waals surface area contributed by atoms with Crippen LogP contribution in [0, 0.1) is 24.6 Å². The molecule has 1 saturated heterocycles. The highest BCUT2D eigenvalue weighted by molar-refractivity contribution is 5.95. The lowest BCUT2D eigenvalue weighted by Crippen LogP contribution is -2.34. The van der Waals surface area contributed by atoms with Crippen LogP contribution in [0.3, 0.4) is 0 Å². The third-order valence-corrected chi connectivity index (χ3v) is 6.16. The summed E-state index contributed by atoms with van der Waals surface area (Å²) < 4.78 is 13.3. The van der Waals surface area contributed by atoms with E-state index in [2.05, 4.69) is 9.88 Å². The van der Waals surface area contributed by atoms with E-state index in [0.29, 0.717) is 43.3 Å². The van der Waals surface area contributed by atoms with Gasteiger partial charge in [0.15, 0.2) is 5.78 Å². The Morgan fingerprint density at radius 1 is 1.25 bits per heavy atom. The van der Waals surface area contributed by atoms with Crippen LogP contribution in [0.25, 0.3) is 0 Å². The molecule has 2 aliphatic rings. The highest BCUT2D eigenvalue weighted by atomic mass is 19.1. The molecule has 2 N–H and O–H groups in total. The van der Waals surface area contributed by atoms with Gasteiger partial charge in [0.25, 0.3) is 0 Å². The summed E-state index contributed by atoms with van der Waals surface area (Å²) in [5.74, 6) is 0.470. The number of hydrogen-bond donors (Lipinski definition) is 2. The number of hydrogen-bond acceptors (Lipinski definition) is 5. The van der Waals surface area contributed by atoms with Crippen LogP contribution in [0.5, 0.6) is 5.75 Å². The number of nitrogens with zero attached hydrogens (tertiary/aromatic N) is 2. The number of halogens is 1. The van der Waals surface area contributed by atoms with Gasteiger partial charge in [-0.15, -0.1) is 0 Å². The quantitative estimate of drug-likeness (QED) is 0.776. The number of benzene rings is 1. The molecule has 148 valence electrons. The van der Waals surface area contributed by atoms with Gasteiger partial charge < -0.3 is 10.2 Å². The molecule has 3 atom stereocenters. The molecule has 0 spiro atoms. The molecular formula is C22H25FN2O3. The topological polar surface area (TPSA) is 73.7 Å². The molecule has 1 aromatic heterocycles. The van der Waals surface area contributed by atoms with E-state index in [1.807, 2.05) is 6.92 Å². The number of carbonyl (C=O) groups excluding carboxylic acids is 1. The van der Waals surface area contributed by atoms with Gasteiger partial charge in [0.2, 0.25) is 0 Å². The molecule has 0 bridgehead atoms. The van der Waals surface area contributed by atoms with Crippen LogP contribution in [0.15, 0.2) is 36.5 Å². The highest BCUT2D eigenvalue weighted by Crippen LogP contribution is 2.45. The predicted molar refractivity (Wildman–Crippen MR) is 103 cm³/mol. The number of aliphatic hydroxyl groups is 1. The largest absolute Gasteiger partial charge is 0.506 e. The first kappa shape index (κ1) is 19.0. The van der Waals surface area contributed by atoms with Crippen molar-refractivity contribution in [2.45, 2.75) is 31.8 Å². The Morgan fingerprint density at radius 3 is 2.57 bits per heavy atom. The van der Waals surface area contributed by atoms with E-state index < -0.39 is 5.60 Å². The molecule has 0 amide bonds. The molecule has 5 nitrogen and oxygen atoms in total. The SMILES string of the molecule is Cc1cc(F)ccc1C[C@@]1(O)C[C@H]2CN(CC(=O)c3ccc(O)cn3)C[C@H]2C1. The molecule has 1 saturated carbocycles. The van der Waals surface area contributed by atoms with Gasteiger partial charge in [0.1, 0.15) is 17.3 Å². The molecule has 6 heteroatoms. The van der Waals surface area contributed by atoms with Crippen LogP contribution in [0.2, 0.25) is 0 Å². The summed E-state index contributed by atoms with van der Waals surface area (Å²) in [6, 6.07) is 7.74. The van der Waals surface area contributed by atoms with Crippen molar-refractivity contribution in [3.8, 4) is 5.75 Å². The van der Waals surface area contributed by atoms with Crippen LogP contribution in [-0.4, -0.2) is 51.1 Å². The van der Waals surface area contributed by atoms with Crippen molar-refractivity contribution in [2.24, 2.45) is 11.8 Å². The van der Waals surface area contributed by atoms with Gasteiger partial charge in [-0.2, -0.15) is 0 Å². The summed E-state index contributed by atoms with van der Waals surface area (Å²) >= 11 is 0. The minimum atomic E-state index is -0.757. The second kappa shape index (κ2) is 7.26. The molecule has 1 aliphatic heterocycles. The van der Waals surface area contributed by atoms with E-state index in [4.69, 9.17) is 0 Å². The minimum Gasteiger partial charge on any atom is -0.506 e. The lowest BCUT2D eigenvalue weighted by atomic mass is 9.89. The zero-order valence-electron chi connectivity index (χ0n) is 15.9. The monoisotopic (exact) mass is 384 g/mol. The Kier molecular flexibility index (Phi) is 4.93. The van der Waals surface area contributed by atoms with Crippen molar-refractivity contribution in [2.75, 3.05) is 19.6 Å². The van der Waals surface area contributed by atoms with Crippen molar-refractivity contribution in [3.05, 3.63) is 59.2 Å². The van der Waals surface area contributed by atoms with Gasteiger partial charge in [-0.25, -0.2) is 9.37 Å². The lowest BCUT2D eigenvalue weighted by molar-refractivity contribution is 0.0354. The van der Waals surface area contributed by atoms with Crippen molar-refractivity contribution in [3.63, 3.8) is 0 Å². The number of likely N-dealkylation sites (tertiary alicyclic amines) is 1. The fraction of sp³-hybridized carbons (Fsp3) is 0.455. The van der Waals surface area contributed by atoms with Crippen molar-refractivity contribution in [1.82, 2.24) is 9.88 Å². The molecule has 4 rings (SSSR count). The average Bonchev–Trinajstić information content (AvgIpc) is 3.12. The summed E-state index contributed by atoms with van der Waals surface area (Å²) in [5.41, 5.74) is 1.47. The molecule has 0 unspecified atom stereocenters. The molecule has 2 heterocycles. The molecule has 2 fully saturated rings. The fourth-order valence-electron chi connectivity index (χ4n) is 4.88. The Bertz CT molecular complexity index is 870. The van der Waals surface area contributed by atoms with Crippen LogP contribution >= 0.6 is 0 Å². The van der Waals surface area contributed by atoms with Crippen molar-refractivity contribution in [1.29, 1.82) is 0 Å². The van der Waals surface area contributed by atoms with E-state index in [9.17, 15) is 19.4 Å². The number of aromatic hydroxyl groups is 1. The van der Waals surface area contributed by atoms with Gasteiger partial charge in [0, 0.05) is 19.5 Å². The maximum absolute atomic E-state index is 13.3. The van der Waals surface area contributed by atoms with Gasteiger partial charge in [-0.1, -0.05) is 6.07 Å². The van der Waals surface area contributed by atoms with Crippen molar-refractivity contribution >= 4 is 5.78 Å². The van der Waals surface area contributed by atoms with E-state index in [0.717, 1.165) is 24.2 Å². The summed E-state index contributed by atoms with van der Waals surface area (Å²) in [4.78, 5) is 18.5. The van der Waals surface area contributed by atoms with Crippen LogP contribution < -0.4 is 0 Å². The number of carbonyl (C=O) groups is 1. The van der Waals surface area contributed by atoms with Crippen LogP contribution in [-0.2, 0) is 6.42 Å². The maximum atomic E-state index is 13.3. The number of Topliss-reactive ketones (excluding diaryl/α,β-unsaturated/α-hetero) is 1. The minimum absolute atomic E-state index is 0.0444. The van der Waals surface area contributed by atoms with Crippen LogP contribution in [0.1, 0.15) is 34.5 Å². The number of aromatic nitrogens is 1. The smallest absolute Gasteiger partial charge is 0.195 e. The molecule has 2 aromatic rings. The number of pyridine rings is 1. The third kappa shape index (κ3) is 3.93. The Balaban J connectivity index is 1.35. The molecule has 28 heavy (non-hydrogen) atoms. The number of aryl methyl sites for hydroxylation is 1. The standard InChI is InChI=1S/C22H25FN2O3/c1-14-6-18(23)3-2-15(14)7-22(28)8-16-11-25(12-17(16)9-22)13-21(27)20-5-4-19(26)10-24-20/h2-6,10,16-17,26,28H,7-9,11-13H2,1H3/t16-,17+,22+. The van der Waals surface area contributed by atoms with Gasteiger partial charge in [0.05, 0.1) is 18.3 Å². The number of ketones is 1. The second-order valence-corrected chi connectivity index (χ2v) is 8.42. The van der Waals surface area contributed by atoms with E-state index in [-0.39, 0.29) is 17.3 Å². The summed E-state index contributed by atoms with van der Waals surface area (Å²) in [5, 5.41) is 20.4. The predicted octanol–water partition coefficient (Wildman–Crippen LogP) is 2.73. The summed E-state index contributed by atoms with van der Waals surface area (Å²) in [6.45, 7) is 3.76. The Morgan fingerprint density at radius 2 is 1.96 bits per heavy atom. The normalized spacial score (nSPS) is 27.1. The van der Waals surface area contributed by atoms with Gasteiger partial charge in [-0.05, 0) is 67.0 Å². The van der Waals surface area contributed by atoms with Crippen molar-refractivity contribution < 1.29 is 19.4 Å². The molecular weight excluding hydrogens is 359 g/mol. The zero-order valence-corrected chi connectivity index (χ0v) is 15.9. The average molecular weight is 384 g/mol. The van der Waals surface area contributed by atoms with E-state index in [1.54, 1.807) is 12.1 Å². The summed E-state index contributed by atoms with van der Waals surface area (Å²) in [7, 11) is 0. The van der Waals surface area contributed by atoms with Crippen LogP contribution in [0.4, 0.5) is 4.39 Å². The number of rotatable bonds is 5. The van der Waals surface area contributed by atoms with Gasteiger partial charge >= 0.3 is 0 Å². The Labute approximate surface area is 163 Å². The fourth-order valence-corrected chi connectivity index (χ4v) is 4.88. The Hall–Kier alpha value is -2.31. The first-order valence-electron chi connectivity index (χ1n) is 9.69. The number of fused-ring (bicyclic) bond motifs is 1. The maximum Gasteiger partial charge on any atom is 0.195 e. The second-order valence-electron chi connectivity index (χ2n) is 8.42. The third-order valence-electron chi connectivity index (χ3n) is 6.16. The first-order chi connectivity index (χ1) is 13.3. The molecule has 1 aliphatic carbocycles. The zero-order chi connectivity index (χ0) is 19.9. The first-order valence-corrected chi connectivity index (χ1v) is 9.69.